The van der Waals surface area contributed by atoms with Gasteiger partial charge in [0.2, 0.25) is 0 Å². The van der Waals surface area contributed by atoms with Gasteiger partial charge in [-0.05, 0) is 59.7 Å². The fourth-order valence-electron chi connectivity index (χ4n) is 5.15. The van der Waals surface area contributed by atoms with Gasteiger partial charge in [0.1, 0.15) is 11.6 Å². The highest BCUT2D eigenvalue weighted by Gasteiger charge is 2.37. The van der Waals surface area contributed by atoms with Gasteiger partial charge in [0.05, 0.1) is 46.2 Å². The molecule has 2 fully saturated rings. The summed E-state index contributed by atoms with van der Waals surface area (Å²) in [5.74, 6) is 8.06. The number of pyridine rings is 1. The van der Waals surface area contributed by atoms with Crippen LogP contribution in [0.5, 0.6) is 0 Å². The van der Waals surface area contributed by atoms with E-state index in [2.05, 4.69) is 85.4 Å². The number of hydrogen-bond donors (Lipinski definition) is 2. The highest BCUT2D eigenvalue weighted by molar-refractivity contribution is 7.90. The fourth-order valence-corrected chi connectivity index (χ4v) is 6.63. The molecule has 0 radical (unpaired) electrons. The molecule has 0 atom stereocenters. The lowest BCUT2D eigenvalue weighted by Crippen LogP contribution is -2.51. The molecule has 2 N–H and O–H groups in total. The summed E-state index contributed by atoms with van der Waals surface area (Å²) in [4.78, 5) is 18.3. The Bertz CT molecular complexity index is 1860. The van der Waals surface area contributed by atoms with Crippen LogP contribution in [0.4, 0.5) is 17.3 Å². The number of rotatable bonds is 10. The number of nitrogens with one attached hydrogen (secondary N) is 2. The van der Waals surface area contributed by atoms with Gasteiger partial charge in [-0.25, -0.2) is 23.4 Å². The topological polar surface area (TPSA) is 139 Å². The lowest BCUT2D eigenvalue weighted by molar-refractivity contribution is 0.181. The van der Waals surface area contributed by atoms with Crippen molar-refractivity contribution in [1.29, 1.82) is 0 Å². The Kier molecular flexibility index (Phi) is 8.82. The zero-order valence-corrected chi connectivity index (χ0v) is 27.8. The largest absolute Gasteiger partial charge is 0.370 e. The van der Waals surface area contributed by atoms with Gasteiger partial charge in [0, 0.05) is 62.9 Å². The molecule has 1 aliphatic carbocycles. The van der Waals surface area contributed by atoms with Crippen LogP contribution >= 0.6 is 0 Å². The van der Waals surface area contributed by atoms with Gasteiger partial charge in [-0.2, -0.15) is 14.3 Å². The first-order chi connectivity index (χ1) is 22.0. The quantitative estimate of drug-likeness (QED) is 0.247. The summed E-state index contributed by atoms with van der Waals surface area (Å²) in [7, 11) is 2.63. The number of aryl methyl sites for hydroxylation is 1. The lowest BCUT2D eigenvalue weighted by atomic mass is 10.00. The number of anilines is 3. The molecule has 1 aliphatic heterocycles. The molecule has 1 saturated heterocycles. The normalized spacial score (nSPS) is 16.0. The van der Waals surface area contributed by atoms with E-state index in [1.165, 1.54) is 12.4 Å². The van der Waals surface area contributed by atoms with E-state index in [0.717, 1.165) is 53.4 Å². The summed E-state index contributed by atoms with van der Waals surface area (Å²) in [5, 5.41) is 15.0. The zero-order valence-electron chi connectivity index (χ0n) is 27.0. The third-order valence-electron chi connectivity index (χ3n) is 8.73. The maximum Gasteiger partial charge on any atom is 0.256 e. The van der Waals surface area contributed by atoms with Crippen LogP contribution in [-0.2, 0) is 17.1 Å². The Morgan fingerprint density at radius 2 is 1.78 bits per heavy atom. The van der Waals surface area contributed by atoms with Crippen LogP contribution in [0.25, 0.3) is 11.4 Å². The Morgan fingerprint density at radius 1 is 1.00 bits per heavy atom. The van der Waals surface area contributed by atoms with Crippen LogP contribution in [0, 0.1) is 11.8 Å². The maximum absolute atomic E-state index is 12.6. The minimum absolute atomic E-state index is 0.0769. The van der Waals surface area contributed by atoms with E-state index < -0.39 is 10.0 Å². The second-order valence-corrected chi connectivity index (χ2v) is 14.9. The smallest absolute Gasteiger partial charge is 0.256 e. The second kappa shape index (κ2) is 12.8. The molecule has 13 nitrogen and oxygen atoms in total. The molecule has 5 heterocycles. The molecular weight excluding hydrogens is 602 g/mol. The third-order valence-corrected chi connectivity index (χ3v) is 10.8. The predicted octanol–water partition coefficient (Wildman–Crippen LogP) is 2.85. The van der Waals surface area contributed by atoms with Gasteiger partial charge < -0.3 is 20.4 Å². The van der Waals surface area contributed by atoms with Crippen molar-refractivity contribution in [3.63, 3.8) is 0 Å². The number of hydrogen-bond acceptors (Lipinski definition) is 11. The van der Waals surface area contributed by atoms with Gasteiger partial charge in [-0.3, -0.25) is 4.68 Å². The first kappa shape index (κ1) is 31.7. The number of piperidine rings is 1. The zero-order chi connectivity index (χ0) is 32.5. The highest BCUT2D eigenvalue weighted by atomic mass is 32.2. The van der Waals surface area contributed by atoms with Crippen LogP contribution in [0.2, 0.25) is 0 Å². The van der Waals surface area contributed by atoms with E-state index in [4.69, 9.17) is 0 Å². The molecule has 0 unspecified atom stereocenters. The summed E-state index contributed by atoms with van der Waals surface area (Å²) in [5.41, 5.74) is 3.27. The average molecular weight is 644 g/mol. The molecule has 0 spiro atoms. The van der Waals surface area contributed by atoms with Crippen molar-refractivity contribution in [3.05, 3.63) is 60.4 Å². The van der Waals surface area contributed by atoms with E-state index in [1.807, 2.05) is 19.3 Å². The van der Waals surface area contributed by atoms with Crippen LogP contribution in [0.3, 0.4) is 0 Å². The second-order valence-electron chi connectivity index (χ2n) is 12.8. The molecule has 0 bridgehead atoms. The summed E-state index contributed by atoms with van der Waals surface area (Å²) in [6.07, 6.45) is 13.4. The molecule has 6 rings (SSSR count). The van der Waals surface area contributed by atoms with Crippen LogP contribution < -0.4 is 15.5 Å². The minimum atomic E-state index is -3.47. The summed E-state index contributed by atoms with van der Waals surface area (Å²) < 4.78 is 28.0. The van der Waals surface area contributed by atoms with Crippen LogP contribution in [-0.4, -0.2) is 97.8 Å². The third kappa shape index (κ3) is 7.22. The van der Waals surface area contributed by atoms with Crippen LogP contribution in [0.1, 0.15) is 50.7 Å². The molecule has 46 heavy (non-hydrogen) atoms. The predicted molar refractivity (Wildman–Crippen MR) is 178 cm³/mol. The SMILES string of the molecule is CN(C)C(C)(C)CNC1CCN(c2cc(Nc3ccnc(-c4cnn(S(=O)(=O)C5CC5)c4)n3)ncc2C#Cc2cnn(C)c2)CC1. The minimum Gasteiger partial charge on any atom is -0.370 e. The number of aromatic nitrogens is 7. The molecule has 0 amide bonds. The Labute approximate surface area is 270 Å². The molecule has 1 saturated carbocycles. The Hall–Kier alpha value is -4.32. The number of nitrogens with zero attached hydrogens (tertiary/aromatic N) is 9. The van der Waals surface area contributed by atoms with E-state index >= 15 is 0 Å². The maximum atomic E-state index is 12.6. The van der Waals surface area contributed by atoms with Gasteiger partial charge >= 0.3 is 0 Å². The number of likely N-dealkylation sites (N-methyl/N-ethyl adjacent to an activating group) is 1. The van der Waals surface area contributed by atoms with E-state index in [0.29, 0.717) is 41.9 Å². The van der Waals surface area contributed by atoms with Gasteiger partial charge in [0.15, 0.2) is 5.82 Å². The molecular formula is C32H41N11O2S. The van der Waals surface area contributed by atoms with E-state index in [1.54, 1.807) is 29.3 Å². The van der Waals surface area contributed by atoms with Gasteiger partial charge in [-0.1, -0.05) is 11.8 Å². The van der Waals surface area contributed by atoms with Crippen molar-refractivity contribution >= 4 is 27.3 Å². The van der Waals surface area contributed by atoms with Gasteiger partial charge in [-0.15, -0.1) is 0 Å². The summed E-state index contributed by atoms with van der Waals surface area (Å²) in [6.45, 7) is 7.20. The van der Waals surface area contributed by atoms with Crippen molar-refractivity contribution in [2.75, 3.05) is 43.9 Å². The van der Waals surface area contributed by atoms with Crippen molar-refractivity contribution in [1.82, 2.24) is 44.1 Å². The lowest BCUT2D eigenvalue weighted by Gasteiger charge is -2.38. The van der Waals surface area contributed by atoms with Crippen molar-refractivity contribution in [2.45, 2.75) is 56.4 Å². The molecule has 14 heteroatoms. The van der Waals surface area contributed by atoms with Crippen LogP contribution in [0.15, 0.2) is 49.3 Å². The molecule has 4 aromatic rings. The Balaban J connectivity index is 1.21. The van der Waals surface area contributed by atoms with Crippen molar-refractivity contribution in [3.8, 4) is 23.2 Å². The molecule has 242 valence electrons. The first-order valence-corrected chi connectivity index (χ1v) is 17.0. The standard InChI is InChI=1S/C32H41N11O2S/c1-32(2,40(3)4)22-35-26-11-14-42(15-12-26)28-16-30(34-18-24(28)7-6-23-17-36-41(5)20-23)38-29-10-13-33-31(39-29)25-19-37-43(21-25)46(44,45)27-8-9-27/h10,13,16-21,26-27,35H,8-9,11-12,14-15,22H2,1-5H3,(H,33,34,38,39). The monoisotopic (exact) mass is 643 g/mol. The molecule has 4 aromatic heterocycles. The molecule has 2 aliphatic rings. The van der Waals surface area contributed by atoms with Crippen molar-refractivity contribution in [2.24, 2.45) is 7.05 Å². The highest BCUT2D eigenvalue weighted by Crippen LogP contribution is 2.31. The van der Waals surface area contributed by atoms with Crippen molar-refractivity contribution < 1.29 is 8.42 Å². The Morgan fingerprint density at radius 3 is 2.48 bits per heavy atom. The van der Waals surface area contributed by atoms with Gasteiger partial charge in [0.25, 0.3) is 10.0 Å². The van der Waals surface area contributed by atoms with E-state index in [9.17, 15) is 8.42 Å². The average Bonchev–Trinajstić information content (AvgIpc) is 3.64. The summed E-state index contributed by atoms with van der Waals surface area (Å²) >= 11 is 0. The summed E-state index contributed by atoms with van der Waals surface area (Å²) in [6, 6.07) is 4.21. The molecule has 0 aromatic carbocycles. The van der Waals surface area contributed by atoms with E-state index in [-0.39, 0.29) is 10.8 Å². The first-order valence-electron chi connectivity index (χ1n) is 15.5. The fraction of sp³-hybridized carbons (Fsp3) is 0.469.